The number of aromatic nitrogens is 2. The Labute approximate surface area is 219 Å². The van der Waals surface area contributed by atoms with Crippen molar-refractivity contribution >= 4 is 28.9 Å². The maximum atomic E-state index is 13.7. The van der Waals surface area contributed by atoms with Crippen molar-refractivity contribution in [2.24, 2.45) is 0 Å². The fraction of sp³-hybridized carbons (Fsp3) is 0.214. The molecule has 1 aliphatic heterocycles. The van der Waals surface area contributed by atoms with Gasteiger partial charge in [0.15, 0.2) is 0 Å². The highest BCUT2D eigenvalue weighted by Crippen LogP contribution is 2.27. The number of hydrogen-bond acceptors (Lipinski definition) is 5. The first-order chi connectivity index (χ1) is 17.8. The zero-order valence-corrected chi connectivity index (χ0v) is 21.4. The van der Waals surface area contributed by atoms with Crippen molar-refractivity contribution in [3.05, 3.63) is 105 Å². The lowest BCUT2D eigenvalue weighted by Crippen LogP contribution is -2.49. The molecule has 0 N–H and O–H groups in total. The SMILES string of the molecule is Cc1ccc(-c2cc(C(=O)N3CCN(c4cccc(Cl)c4)CC3)n(-c3ccc([N+](=O)[O-])cc3)n2)cc1C. The van der Waals surface area contributed by atoms with Crippen LogP contribution in [0, 0.1) is 24.0 Å². The van der Waals surface area contributed by atoms with E-state index in [1.165, 1.54) is 17.7 Å². The van der Waals surface area contributed by atoms with Crippen molar-refractivity contribution in [3.63, 3.8) is 0 Å². The lowest BCUT2D eigenvalue weighted by Gasteiger charge is -2.36. The summed E-state index contributed by atoms with van der Waals surface area (Å²) in [5.41, 5.74) is 5.90. The number of non-ortho nitro benzene ring substituents is 1. The fourth-order valence-electron chi connectivity index (χ4n) is 4.49. The van der Waals surface area contributed by atoms with E-state index in [0.717, 1.165) is 16.8 Å². The zero-order chi connectivity index (χ0) is 26.1. The second kappa shape index (κ2) is 10.1. The van der Waals surface area contributed by atoms with Crippen LogP contribution in [0.15, 0.2) is 72.8 Å². The summed E-state index contributed by atoms with van der Waals surface area (Å²) in [6.07, 6.45) is 0. The second-order valence-corrected chi connectivity index (χ2v) is 9.59. The van der Waals surface area contributed by atoms with Gasteiger partial charge >= 0.3 is 0 Å². The fourth-order valence-corrected chi connectivity index (χ4v) is 4.67. The van der Waals surface area contributed by atoms with Crippen molar-refractivity contribution in [1.82, 2.24) is 14.7 Å². The van der Waals surface area contributed by atoms with Crippen LogP contribution in [-0.2, 0) is 0 Å². The third-order valence-electron chi connectivity index (χ3n) is 6.78. The summed E-state index contributed by atoms with van der Waals surface area (Å²) in [5.74, 6) is -0.133. The average Bonchev–Trinajstić information content (AvgIpc) is 3.35. The Hall–Kier alpha value is -4.17. The lowest BCUT2D eigenvalue weighted by atomic mass is 10.0. The van der Waals surface area contributed by atoms with E-state index in [0.29, 0.717) is 48.3 Å². The monoisotopic (exact) mass is 515 g/mol. The van der Waals surface area contributed by atoms with Crippen LogP contribution >= 0.6 is 11.6 Å². The van der Waals surface area contributed by atoms with E-state index >= 15 is 0 Å². The summed E-state index contributed by atoms with van der Waals surface area (Å²) in [6.45, 7) is 6.55. The minimum atomic E-state index is -0.446. The summed E-state index contributed by atoms with van der Waals surface area (Å²) in [4.78, 5) is 28.5. The number of carbonyl (C=O) groups excluding carboxylic acids is 1. The highest BCUT2D eigenvalue weighted by atomic mass is 35.5. The van der Waals surface area contributed by atoms with E-state index < -0.39 is 4.92 Å². The van der Waals surface area contributed by atoms with E-state index in [-0.39, 0.29) is 11.6 Å². The summed E-state index contributed by atoms with van der Waals surface area (Å²) >= 11 is 6.16. The largest absolute Gasteiger partial charge is 0.368 e. The molecule has 1 amide bonds. The number of carbonyl (C=O) groups is 1. The molecule has 0 bridgehead atoms. The predicted molar refractivity (Wildman–Crippen MR) is 145 cm³/mol. The molecule has 0 unspecified atom stereocenters. The van der Waals surface area contributed by atoms with E-state index in [1.54, 1.807) is 22.9 Å². The maximum absolute atomic E-state index is 13.7. The van der Waals surface area contributed by atoms with Gasteiger partial charge in [-0.2, -0.15) is 5.10 Å². The van der Waals surface area contributed by atoms with Crippen LogP contribution < -0.4 is 4.90 Å². The number of nitrogens with zero attached hydrogens (tertiary/aromatic N) is 5. The molecule has 1 fully saturated rings. The molecule has 37 heavy (non-hydrogen) atoms. The number of aryl methyl sites for hydroxylation is 2. The molecule has 1 saturated heterocycles. The number of anilines is 1. The molecular formula is C28H26ClN5O3. The van der Waals surface area contributed by atoms with E-state index in [2.05, 4.69) is 11.0 Å². The molecule has 5 rings (SSSR count). The highest BCUT2D eigenvalue weighted by molar-refractivity contribution is 6.30. The van der Waals surface area contributed by atoms with Gasteiger partial charge in [-0.3, -0.25) is 14.9 Å². The Kier molecular flexibility index (Phi) is 6.67. The molecule has 0 saturated carbocycles. The first-order valence-electron chi connectivity index (χ1n) is 12.0. The molecular weight excluding hydrogens is 490 g/mol. The molecule has 1 aromatic heterocycles. The number of piperazine rings is 1. The number of nitro groups is 1. The summed E-state index contributed by atoms with van der Waals surface area (Å²) in [5, 5.41) is 16.6. The molecule has 188 valence electrons. The number of benzene rings is 3. The summed E-state index contributed by atoms with van der Waals surface area (Å²) in [6, 6.07) is 21.7. The Bertz CT molecular complexity index is 1470. The Morgan fingerprint density at radius 1 is 0.892 bits per heavy atom. The summed E-state index contributed by atoms with van der Waals surface area (Å²) in [7, 11) is 0. The molecule has 0 aliphatic carbocycles. The third-order valence-corrected chi connectivity index (χ3v) is 7.01. The van der Waals surface area contributed by atoms with Gasteiger partial charge in [0.05, 0.1) is 16.3 Å². The van der Waals surface area contributed by atoms with Crippen molar-refractivity contribution in [2.75, 3.05) is 31.1 Å². The van der Waals surface area contributed by atoms with Crippen LogP contribution in [0.5, 0.6) is 0 Å². The molecule has 3 aromatic carbocycles. The van der Waals surface area contributed by atoms with E-state index in [4.69, 9.17) is 16.7 Å². The Balaban J connectivity index is 1.46. The highest BCUT2D eigenvalue weighted by Gasteiger charge is 2.27. The normalized spacial score (nSPS) is 13.6. The van der Waals surface area contributed by atoms with Gasteiger partial charge < -0.3 is 9.80 Å². The van der Waals surface area contributed by atoms with Gasteiger partial charge in [0.25, 0.3) is 11.6 Å². The van der Waals surface area contributed by atoms with Gasteiger partial charge in [-0.15, -0.1) is 0 Å². The van der Waals surface area contributed by atoms with E-state index in [9.17, 15) is 14.9 Å². The van der Waals surface area contributed by atoms with Crippen LogP contribution in [0.3, 0.4) is 0 Å². The third kappa shape index (κ3) is 5.06. The van der Waals surface area contributed by atoms with Crippen molar-refractivity contribution in [3.8, 4) is 16.9 Å². The molecule has 0 radical (unpaired) electrons. The van der Waals surface area contributed by atoms with Crippen LogP contribution in [0.2, 0.25) is 5.02 Å². The molecule has 2 heterocycles. The van der Waals surface area contributed by atoms with Crippen LogP contribution in [-0.4, -0.2) is 51.7 Å². The molecule has 9 heteroatoms. The molecule has 8 nitrogen and oxygen atoms in total. The van der Waals surface area contributed by atoms with Gasteiger partial charge in [-0.05, 0) is 67.4 Å². The standard InChI is InChI=1S/C28H26ClN5O3/c1-19-6-7-21(16-20(19)2)26-18-27(33(30-26)23-8-10-24(11-9-23)34(36)37)28(35)32-14-12-31(13-15-32)25-5-3-4-22(29)17-25/h3-11,16-18H,12-15H2,1-2H3. The second-order valence-electron chi connectivity index (χ2n) is 9.16. The first-order valence-corrected chi connectivity index (χ1v) is 12.4. The van der Waals surface area contributed by atoms with Crippen LogP contribution in [0.1, 0.15) is 21.6 Å². The number of rotatable bonds is 5. The Morgan fingerprint density at radius 2 is 1.62 bits per heavy atom. The molecule has 4 aromatic rings. The number of halogens is 1. The topological polar surface area (TPSA) is 84.5 Å². The Morgan fingerprint density at radius 3 is 2.27 bits per heavy atom. The molecule has 1 aliphatic rings. The van der Waals surface area contributed by atoms with Crippen LogP contribution in [0.4, 0.5) is 11.4 Å². The van der Waals surface area contributed by atoms with Gasteiger partial charge in [-0.25, -0.2) is 4.68 Å². The van der Waals surface area contributed by atoms with Gasteiger partial charge in [0, 0.05) is 54.6 Å². The average molecular weight is 516 g/mol. The number of amides is 1. The van der Waals surface area contributed by atoms with Crippen molar-refractivity contribution in [1.29, 1.82) is 0 Å². The quantitative estimate of drug-likeness (QED) is 0.252. The maximum Gasteiger partial charge on any atom is 0.272 e. The summed E-state index contributed by atoms with van der Waals surface area (Å²) < 4.78 is 1.58. The smallest absolute Gasteiger partial charge is 0.272 e. The minimum Gasteiger partial charge on any atom is -0.368 e. The zero-order valence-electron chi connectivity index (χ0n) is 20.6. The number of hydrogen-bond donors (Lipinski definition) is 0. The number of nitro benzene ring substituents is 1. The van der Waals surface area contributed by atoms with Gasteiger partial charge in [0.1, 0.15) is 5.69 Å². The van der Waals surface area contributed by atoms with Crippen molar-refractivity contribution < 1.29 is 9.72 Å². The molecule has 0 spiro atoms. The van der Waals surface area contributed by atoms with Crippen LogP contribution in [0.25, 0.3) is 16.9 Å². The minimum absolute atomic E-state index is 0.0182. The van der Waals surface area contributed by atoms with E-state index in [1.807, 2.05) is 55.1 Å². The van der Waals surface area contributed by atoms with Crippen molar-refractivity contribution in [2.45, 2.75) is 13.8 Å². The first kappa shape index (κ1) is 24.5. The van der Waals surface area contributed by atoms with Gasteiger partial charge in [-0.1, -0.05) is 29.8 Å². The predicted octanol–water partition coefficient (Wildman–Crippen LogP) is 5.68. The van der Waals surface area contributed by atoms with Gasteiger partial charge in [0.2, 0.25) is 0 Å². The molecule has 0 atom stereocenters. The lowest BCUT2D eigenvalue weighted by molar-refractivity contribution is -0.384.